The van der Waals surface area contributed by atoms with Gasteiger partial charge in [0.25, 0.3) is 5.89 Å². The van der Waals surface area contributed by atoms with Crippen molar-refractivity contribution in [2.75, 3.05) is 0 Å². The zero-order valence-electron chi connectivity index (χ0n) is 11.7. The first-order chi connectivity index (χ1) is 9.63. The van der Waals surface area contributed by atoms with E-state index in [1.807, 2.05) is 32.0 Å². The Labute approximate surface area is 117 Å². The first kappa shape index (κ1) is 13.1. The summed E-state index contributed by atoms with van der Waals surface area (Å²) in [5.41, 5.74) is 2.17. The third kappa shape index (κ3) is 2.54. The highest BCUT2D eigenvalue weighted by Crippen LogP contribution is 2.33. The van der Waals surface area contributed by atoms with Crippen molar-refractivity contribution in [2.45, 2.75) is 45.3 Å². The van der Waals surface area contributed by atoms with E-state index in [-0.39, 0.29) is 18.6 Å². The van der Waals surface area contributed by atoms with E-state index in [4.69, 9.17) is 9.26 Å². The van der Waals surface area contributed by atoms with Gasteiger partial charge in [-0.1, -0.05) is 25.1 Å². The minimum absolute atomic E-state index is 0.244. The van der Waals surface area contributed by atoms with Gasteiger partial charge in [-0.15, -0.1) is 0 Å². The molecule has 1 heterocycles. The molecule has 0 amide bonds. The molecule has 0 aliphatic heterocycles. The molecule has 1 N–H and O–H groups in total. The first-order valence-electron chi connectivity index (χ1n) is 6.89. The molecule has 1 aromatic heterocycles. The Morgan fingerprint density at radius 2 is 2.30 bits per heavy atom. The van der Waals surface area contributed by atoms with Crippen LogP contribution in [0.1, 0.15) is 55.1 Å². The van der Waals surface area contributed by atoms with Crippen LogP contribution in [0.4, 0.5) is 0 Å². The normalized spacial score (nSPS) is 17.5. The minimum atomic E-state index is -0.330. The van der Waals surface area contributed by atoms with Crippen molar-refractivity contribution in [3.05, 3.63) is 41.0 Å². The molecule has 0 saturated heterocycles. The number of fused-ring (bicyclic) bond motifs is 1. The topological polar surface area (TPSA) is 68.4 Å². The molecule has 2 aromatic rings. The van der Waals surface area contributed by atoms with Crippen LogP contribution < -0.4 is 4.74 Å². The van der Waals surface area contributed by atoms with Crippen molar-refractivity contribution in [3.8, 4) is 5.75 Å². The van der Waals surface area contributed by atoms with Gasteiger partial charge in [-0.25, -0.2) is 0 Å². The monoisotopic (exact) mass is 274 g/mol. The number of benzene rings is 1. The van der Waals surface area contributed by atoms with E-state index in [1.54, 1.807) is 0 Å². The zero-order chi connectivity index (χ0) is 14.1. The van der Waals surface area contributed by atoms with E-state index in [9.17, 15) is 5.11 Å². The Morgan fingerprint density at radius 1 is 1.45 bits per heavy atom. The van der Waals surface area contributed by atoms with Crippen LogP contribution in [0.2, 0.25) is 0 Å². The van der Waals surface area contributed by atoms with Gasteiger partial charge in [0.1, 0.15) is 5.75 Å². The average Bonchev–Trinajstić information content (AvgIpc) is 3.04. The van der Waals surface area contributed by atoms with Gasteiger partial charge in [-0.3, -0.25) is 0 Å². The van der Waals surface area contributed by atoms with Gasteiger partial charge < -0.3 is 14.4 Å². The highest BCUT2D eigenvalue weighted by Gasteiger charge is 2.20. The van der Waals surface area contributed by atoms with Crippen LogP contribution in [-0.4, -0.2) is 15.2 Å². The van der Waals surface area contributed by atoms with Crippen LogP contribution in [0.25, 0.3) is 0 Å². The number of rotatable bonds is 4. The molecule has 1 aromatic carbocycles. The number of nitrogens with zero attached hydrogens (tertiary/aromatic N) is 2. The van der Waals surface area contributed by atoms with Gasteiger partial charge in [0, 0.05) is 5.92 Å². The predicted octanol–water partition coefficient (Wildman–Crippen LogP) is 2.75. The molecule has 106 valence electrons. The molecule has 3 rings (SSSR count). The molecule has 20 heavy (non-hydrogen) atoms. The Hall–Kier alpha value is -1.88. The second-order valence-electron chi connectivity index (χ2n) is 5.40. The lowest BCUT2D eigenvalue weighted by Crippen LogP contribution is -1.98. The fraction of sp³-hybridized carbons (Fsp3) is 0.467. The summed E-state index contributed by atoms with van der Waals surface area (Å²) in [5.74, 6) is 2.19. The van der Waals surface area contributed by atoms with Crippen LogP contribution in [0.3, 0.4) is 0 Å². The fourth-order valence-corrected chi connectivity index (χ4v) is 2.37. The summed E-state index contributed by atoms with van der Waals surface area (Å²) in [6, 6.07) is 5.77. The molecule has 0 radical (unpaired) electrons. The minimum Gasteiger partial charge on any atom is -0.484 e. The second-order valence-corrected chi connectivity index (χ2v) is 5.40. The third-order valence-electron chi connectivity index (χ3n) is 3.52. The molecule has 1 aliphatic rings. The van der Waals surface area contributed by atoms with Crippen LogP contribution in [0, 0.1) is 0 Å². The first-order valence-corrected chi connectivity index (χ1v) is 6.89. The third-order valence-corrected chi connectivity index (χ3v) is 3.52. The smallest absolute Gasteiger partial charge is 0.264 e. The number of hydrogen-bond acceptors (Lipinski definition) is 5. The van der Waals surface area contributed by atoms with Gasteiger partial charge in [0.05, 0.1) is 6.10 Å². The molecule has 0 saturated carbocycles. The summed E-state index contributed by atoms with van der Waals surface area (Å²) in [6.07, 6.45) is 1.36. The van der Waals surface area contributed by atoms with Crippen LogP contribution in [-0.2, 0) is 13.0 Å². The summed E-state index contributed by atoms with van der Waals surface area (Å²) in [4.78, 5) is 4.27. The Morgan fingerprint density at radius 3 is 3.05 bits per heavy atom. The van der Waals surface area contributed by atoms with Gasteiger partial charge in [-0.2, -0.15) is 4.98 Å². The Bertz CT molecular complexity index is 607. The largest absolute Gasteiger partial charge is 0.484 e. The molecule has 0 unspecified atom stereocenters. The summed E-state index contributed by atoms with van der Waals surface area (Å²) in [6.45, 7) is 4.30. The predicted molar refractivity (Wildman–Crippen MR) is 72.4 cm³/mol. The molecule has 1 atom stereocenters. The zero-order valence-corrected chi connectivity index (χ0v) is 11.7. The standard InChI is InChI=1S/C15H18N2O3/c1-9(2)15-16-14(20-17-15)8-19-11-4-5-12-10(7-11)3-6-13(12)18/h4-5,7,9,13,18H,3,6,8H2,1-2H3/t13-/m0/s1. The van der Waals surface area contributed by atoms with Crippen LogP contribution in [0.15, 0.2) is 22.7 Å². The van der Waals surface area contributed by atoms with Crippen LogP contribution in [0.5, 0.6) is 5.75 Å². The van der Waals surface area contributed by atoms with Gasteiger partial charge in [0.15, 0.2) is 12.4 Å². The lowest BCUT2D eigenvalue weighted by Gasteiger charge is -2.07. The fourth-order valence-electron chi connectivity index (χ4n) is 2.37. The van der Waals surface area contributed by atoms with Crippen molar-refractivity contribution >= 4 is 0 Å². The van der Waals surface area contributed by atoms with E-state index in [1.165, 1.54) is 0 Å². The lowest BCUT2D eigenvalue weighted by atomic mass is 10.1. The Kier molecular flexibility index (Phi) is 3.44. The maximum absolute atomic E-state index is 9.76. The molecule has 5 nitrogen and oxygen atoms in total. The van der Waals surface area contributed by atoms with Crippen molar-refractivity contribution in [3.63, 3.8) is 0 Å². The molecule has 0 fully saturated rings. The number of aromatic nitrogens is 2. The van der Waals surface area contributed by atoms with E-state index >= 15 is 0 Å². The summed E-state index contributed by atoms with van der Waals surface area (Å²) < 4.78 is 10.8. The van der Waals surface area contributed by atoms with E-state index in [2.05, 4.69) is 10.1 Å². The maximum atomic E-state index is 9.76. The number of aliphatic hydroxyl groups is 1. The summed E-state index contributed by atoms with van der Waals surface area (Å²) in [7, 11) is 0. The molecule has 1 aliphatic carbocycles. The lowest BCUT2D eigenvalue weighted by molar-refractivity contribution is 0.180. The van der Waals surface area contributed by atoms with Crippen molar-refractivity contribution in [1.82, 2.24) is 10.1 Å². The van der Waals surface area contributed by atoms with E-state index in [0.717, 1.165) is 29.7 Å². The number of hydrogen-bond donors (Lipinski definition) is 1. The molecular weight excluding hydrogens is 256 g/mol. The van der Waals surface area contributed by atoms with Gasteiger partial charge in [0.2, 0.25) is 0 Å². The molecular formula is C15H18N2O3. The van der Waals surface area contributed by atoms with Crippen LogP contribution >= 0.6 is 0 Å². The van der Waals surface area contributed by atoms with E-state index < -0.39 is 0 Å². The van der Waals surface area contributed by atoms with Gasteiger partial charge in [-0.05, 0) is 36.1 Å². The number of aryl methyl sites for hydroxylation is 1. The molecule has 5 heteroatoms. The maximum Gasteiger partial charge on any atom is 0.264 e. The highest BCUT2D eigenvalue weighted by atomic mass is 16.5. The summed E-state index contributed by atoms with van der Waals surface area (Å²) in [5, 5.41) is 13.7. The second kappa shape index (κ2) is 5.25. The highest BCUT2D eigenvalue weighted by molar-refractivity contribution is 5.39. The summed E-state index contributed by atoms with van der Waals surface area (Å²) >= 11 is 0. The molecule has 0 spiro atoms. The SMILES string of the molecule is CC(C)c1noc(COc2ccc3c(c2)CC[C@@H]3O)n1. The van der Waals surface area contributed by atoms with E-state index in [0.29, 0.717) is 11.7 Å². The Balaban J connectivity index is 1.66. The quantitative estimate of drug-likeness (QED) is 0.928. The number of aliphatic hydroxyl groups excluding tert-OH is 1. The van der Waals surface area contributed by atoms with Crippen molar-refractivity contribution in [1.29, 1.82) is 0 Å². The van der Waals surface area contributed by atoms with Crippen molar-refractivity contribution < 1.29 is 14.4 Å². The van der Waals surface area contributed by atoms with Gasteiger partial charge >= 0.3 is 0 Å². The van der Waals surface area contributed by atoms with Crippen molar-refractivity contribution in [2.24, 2.45) is 0 Å². The average molecular weight is 274 g/mol. The molecule has 0 bridgehead atoms. The number of ether oxygens (including phenoxy) is 1.